The molecule has 0 saturated heterocycles. The number of benzene rings is 1. The number of hydrogen-bond donors (Lipinski definition) is 0. The van der Waals surface area contributed by atoms with Gasteiger partial charge in [-0.05, 0) is 5.56 Å². The Morgan fingerprint density at radius 2 is 1.84 bits per heavy atom. The van der Waals surface area contributed by atoms with Crippen LogP contribution in [0, 0.1) is 0 Å². The zero-order valence-corrected chi connectivity index (χ0v) is 15.2. The van der Waals surface area contributed by atoms with Crippen LogP contribution in [0.3, 0.4) is 0 Å². The van der Waals surface area contributed by atoms with Crippen LogP contribution in [-0.2, 0) is 31.2 Å². The van der Waals surface area contributed by atoms with Gasteiger partial charge in [-0.25, -0.2) is 9.78 Å². The summed E-state index contributed by atoms with van der Waals surface area (Å²) in [6.45, 7) is 0.353. The Morgan fingerprint density at radius 1 is 1.12 bits per heavy atom. The van der Waals surface area contributed by atoms with Crippen molar-refractivity contribution >= 4 is 22.8 Å². The molecule has 3 aromatic rings. The second kappa shape index (κ2) is 7.25. The van der Waals surface area contributed by atoms with Gasteiger partial charge in [0.1, 0.15) is 5.65 Å². The van der Waals surface area contributed by atoms with Gasteiger partial charge in [0.2, 0.25) is 0 Å². The van der Waals surface area contributed by atoms with Crippen molar-refractivity contribution < 1.29 is 4.74 Å². The van der Waals surface area contributed by atoms with Crippen LogP contribution < -0.4 is 11.2 Å². The fourth-order valence-electron chi connectivity index (χ4n) is 2.69. The average Bonchev–Trinajstić information content (AvgIpc) is 2.64. The molecule has 0 fully saturated rings. The molecule has 0 aliphatic carbocycles. The Labute approximate surface area is 149 Å². The Bertz CT molecular complexity index is 1030. The molecule has 2 aromatic heterocycles. The Morgan fingerprint density at radius 3 is 2.52 bits per heavy atom. The van der Waals surface area contributed by atoms with Gasteiger partial charge in [-0.1, -0.05) is 30.3 Å². The van der Waals surface area contributed by atoms with Gasteiger partial charge in [0.05, 0.1) is 12.0 Å². The van der Waals surface area contributed by atoms with Crippen molar-refractivity contribution in [2.75, 3.05) is 7.11 Å². The highest BCUT2D eigenvalue weighted by Gasteiger charge is 2.17. The van der Waals surface area contributed by atoms with Crippen LogP contribution in [0.1, 0.15) is 11.1 Å². The third-order valence-corrected chi connectivity index (χ3v) is 5.25. The summed E-state index contributed by atoms with van der Waals surface area (Å²) in [6.07, 6.45) is 1.68. The average molecular weight is 357 g/mol. The SMILES string of the molecule is COCc1cnc2c(c1SCc1ccccc1)c(=O)n(C)c(=O)n2C. The molecule has 0 spiro atoms. The van der Waals surface area contributed by atoms with Crippen molar-refractivity contribution in [1.82, 2.24) is 14.1 Å². The summed E-state index contributed by atoms with van der Waals surface area (Å²) in [5.74, 6) is 0.711. The van der Waals surface area contributed by atoms with Crippen LogP contribution in [0.4, 0.5) is 0 Å². The van der Waals surface area contributed by atoms with Crippen LogP contribution in [0.15, 0.2) is 51.0 Å². The van der Waals surface area contributed by atoms with Crippen molar-refractivity contribution in [3.8, 4) is 0 Å². The molecule has 0 amide bonds. The van der Waals surface area contributed by atoms with Crippen molar-refractivity contribution in [3.63, 3.8) is 0 Å². The Balaban J connectivity index is 2.20. The van der Waals surface area contributed by atoms with E-state index in [4.69, 9.17) is 4.74 Å². The lowest BCUT2D eigenvalue weighted by Gasteiger charge is -2.14. The fourth-order valence-corrected chi connectivity index (χ4v) is 3.82. The third kappa shape index (κ3) is 3.25. The van der Waals surface area contributed by atoms with Gasteiger partial charge >= 0.3 is 5.69 Å². The molecule has 3 rings (SSSR count). The van der Waals surface area contributed by atoms with Crippen LogP contribution in [0.2, 0.25) is 0 Å². The summed E-state index contributed by atoms with van der Waals surface area (Å²) >= 11 is 1.56. The number of rotatable bonds is 5. The molecular formula is C18H19N3O3S. The predicted octanol–water partition coefficient (Wildman–Crippen LogP) is 2.07. The zero-order chi connectivity index (χ0) is 18.0. The smallest absolute Gasteiger partial charge is 0.332 e. The summed E-state index contributed by atoms with van der Waals surface area (Å²) in [7, 11) is 4.71. The number of thioether (sulfide) groups is 1. The third-order valence-electron chi connectivity index (χ3n) is 4.02. The van der Waals surface area contributed by atoms with E-state index >= 15 is 0 Å². The second-order valence-corrected chi connectivity index (χ2v) is 6.71. The summed E-state index contributed by atoms with van der Waals surface area (Å²) in [5.41, 5.74) is 1.67. The summed E-state index contributed by atoms with van der Waals surface area (Å²) in [6, 6.07) is 10.0. The molecule has 0 N–H and O–H groups in total. The molecule has 6 nitrogen and oxygen atoms in total. The highest BCUT2D eigenvalue weighted by Crippen LogP contribution is 2.31. The van der Waals surface area contributed by atoms with Gasteiger partial charge < -0.3 is 4.74 Å². The molecule has 25 heavy (non-hydrogen) atoms. The molecular weight excluding hydrogens is 338 g/mol. The van der Waals surface area contributed by atoms with Crippen LogP contribution in [0.25, 0.3) is 11.0 Å². The molecule has 1 aromatic carbocycles. The Kier molecular flexibility index (Phi) is 5.06. The highest BCUT2D eigenvalue weighted by molar-refractivity contribution is 7.98. The molecule has 0 saturated carbocycles. The minimum atomic E-state index is -0.386. The Hall–Kier alpha value is -2.38. The van der Waals surface area contributed by atoms with E-state index in [2.05, 4.69) is 4.98 Å². The maximum absolute atomic E-state index is 12.7. The van der Waals surface area contributed by atoms with Crippen LogP contribution in [0.5, 0.6) is 0 Å². The summed E-state index contributed by atoms with van der Waals surface area (Å²) in [4.78, 5) is 30.1. The molecule has 0 aliphatic heterocycles. The predicted molar refractivity (Wildman–Crippen MR) is 98.9 cm³/mol. The number of hydrogen-bond acceptors (Lipinski definition) is 5. The van der Waals surface area contributed by atoms with E-state index < -0.39 is 0 Å². The lowest BCUT2D eigenvalue weighted by atomic mass is 10.2. The maximum Gasteiger partial charge on any atom is 0.332 e. The first kappa shape index (κ1) is 17.4. The minimum absolute atomic E-state index is 0.334. The van der Waals surface area contributed by atoms with Crippen LogP contribution >= 0.6 is 11.8 Å². The van der Waals surface area contributed by atoms with Crippen molar-refractivity contribution in [3.05, 3.63) is 68.5 Å². The minimum Gasteiger partial charge on any atom is -0.380 e. The van der Waals surface area contributed by atoms with E-state index in [1.807, 2.05) is 30.3 Å². The molecule has 0 atom stereocenters. The van der Waals surface area contributed by atoms with Gasteiger partial charge in [0, 0.05) is 43.6 Å². The first-order valence-electron chi connectivity index (χ1n) is 7.78. The van der Waals surface area contributed by atoms with E-state index in [1.54, 1.807) is 32.1 Å². The monoisotopic (exact) mass is 357 g/mol. The number of aromatic nitrogens is 3. The molecule has 2 heterocycles. The lowest BCUT2D eigenvalue weighted by Crippen LogP contribution is -2.37. The fraction of sp³-hybridized carbons (Fsp3) is 0.278. The van der Waals surface area contributed by atoms with E-state index in [0.29, 0.717) is 23.4 Å². The standard InChI is InChI=1S/C18H19N3O3S/c1-20-16-14(17(22)21(2)18(20)23)15(13(9-19-16)10-24-3)25-11-12-7-5-4-6-8-12/h4-9H,10-11H2,1-3H3. The normalized spacial score (nSPS) is 11.2. The lowest BCUT2D eigenvalue weighted by molar-refractivity contribution is 0.183. The van der Waals surface area contributed by atoms with Crippen molar-refractivity contribution in [2.45, 2.75) is 17.3 Å². The van der Waals surface area contributed by atoms with E-state index in [0.717, 1.165) is 20.6 Å². The number of fused-ring (bicyclic) bond motifs is 1. The molecule has 130 valence electrons. The van der Waals surface area contributed by atoms with Crippen molar-refractivity contribution in [1.29, 1.82) is 0 Å². The molecule has 7 heteroatoms. The van der Waals surface area contributed by atoms with Gasteiger partial charge in [-0.15, -0.1) is 11.8 Å². The number of methoxy groups -OCH3 is 1. The second-order valence-electron chi connectivity index (χ2n) is 5.72. The summed E-state index contributed by atoms with van der Waals surface area (Å²) in [5, 5.41) is 0.458. The van der Waals surface area contributed by atoms with Crippen molar-refractivity contribution in [2.24, 2.45) is 14.1 Å². The van der Waals surface area contributed by atoms with Gasteiger partial charge in [-0.3, -0.25) is 13.9 Å². The topological polar surface area (TPSA) is 66.1 Å². The highest BCUT2D eigenvalue weighted by atomic mass is 32.2. The largest absolute Gasteiger partial charge is 0.380 e. The molecule has 0 bridgehead atoms. The van der Waals surface area contributed by atoms with Gasteiger partial charge in [0.25, 0.3) is 5.56 Å². The quantitative estimate of drug-likeness (QED) is 0.654. The van der Waals surface area contributed by atoms with Gasteiger partial charge in [-0.2, -0.15) is 0 Å². The van der Waals surface area contributed by atoms with E-state index in [9.17, 15) is 9.59 Å². The first-order chi connectivity index (χ1) is 12.0. The summed E-state index contributed by atoms with van der Waals surface area (Å²) < 4.78 is 7.78. The maximum atomic E-state index is 12.7. The van der Waals surface area contributed by atoms with Crippen LogP contribution in [-0.4, -0.2) is 21.2 Å². The number of pyridine rings is 1. The number of ether oxygens (including phenoxy) is 1. The van der Waals surface area contributed by atoms with E-state index in [-0.39, 0.29) is 11.2 Å². The van der Waals surface area contributed by atoms with E-state index in [1.165, 1.54) is 11.6 Å². The molecule has 0 radical (unpaired) electrons. The first-order valence-corrected chi connectivity index (χ1v) is 8.76. The zero-order valence-electron chi connectivity index (χ0n) is 14.4. The van der Waals surface area contributed by atoms with Gasteiger partial charge in [0.15, 0.2) is 0 Å². The number of aryl methyl sites for hydroxylation is 1. The molecule has 0 aliphatic rings. The molecule has 0 unspecified atom stereocenters. The number of nitrogens with zero attached hydrogens (tertiary/aromatic N) is 3.